The van der Waals surface area contributed by atoms with E-state index in [1.807, 2.05) is 18.7 Å². The van der Waals surface area contributed by atoms with Crippen LogP contribution in [0.4, 0.5) is 0 Å². The minimum atomic E-state index is 0.221. The molecule has 0 aromatic carbocycles. The van der Waals surface area contributed by atoms with Crippen LogP contribution in [0.2, 0.25) is 0 Å². The first-order valence-corrected chi connectivity index (χ1v) is 6.54. The number of hydrogen-bond acceptors (Lipinski definition) is 4. The van der Waals surface area contributed by atoms with Crippen LogP contribution < -0.4 is 0 Å². The van der Waals surface area contributed by atoms with Crippen LogP contribution in [0.1, 0.15) is 13.8 Å². The number of amides is 1. The predicted molar refractivity (Wildman–Crippen MR) is 67.9 cm³/mol. The van der Waals surface area contributed by atoms with Crippen molar-refractivity contribution in [3.8, 4) is 0 Å². The first-order valence-electron chi connectivity index (χ1n) is 6.54. The smallest absolute Gasteiger partial charge is 0.236 e. The molecule has 0 aromatic rings. The lowest BCUT2D eigenvalue weighted by Crippen LogP contribution is -2.50. The van der Waals surface area contributed by atoms with Gasteiger partial charge in [-0.2, -0.15) is 0 Å². The van der Waals surface area contributed by atoms with E-state index < -0.39 is 0 Å². The average molecular weight is 243 g/mol. The van der Waals surface area contributed by atoms with Gasteiger partial charge in [0.15, 0.2) is 0 Å². The molecule has 0 spiro atoms. The fourth-order valence-electron chi connectivity index (χ4n) is 2.18. The van der Waals surface area contributed by atoms with Gasteiger partial charge in [0.2, 0.25) is 5.91 Å². The summed E-state index contributed by atoms with van der Waals surface area (Å²) < 4.78 is 0. The van der Waals surface area contributed by atoms with Gasteiger partial charge in [0.05, 0.1) is 13.2 Å². The van der Waals surface area contributed by atoms with Crippen LogP contribution in [0, 0.1) is 0 Å². The Morgan fingerprint density at radius 2 is 1.65 bits per heavy atom. The van der Waals surface area contributed by atoms with Gasteiger partial charge < -0.3 is 10.0 Å². The molecule has 0 atom stereocenters. The van der Waals surface area contributed by atoms with E-state index in [2.05, 4.69) is 9.80 Å². The van der Waals surface area contributed by atoms with Crippen molar-refractivity contribution in [2.24, 2.45) is 0 Å². The summed E-state index contributed by atoms with van der Waals surface area (Å²) >= 11 is 0. The summed E-state index contributed by atoms with van der Waals surface area (Å²) in [6.07, 6.45) is 0. The van der Waals surface area contributed by atoms with Gasteiger partial charge in [0.25, 0.3) is 0 Å². The van der Waals surface area contributed by atoms with Gasteiger partial charge in [0, 0.05) is 45.8 Å². The molecule has 100 valence electrons. The van der Waals surface area contributed by atoms with Gasteiger partial charge in [-0.3, -0.25) is 14.6 Å². The summed E-state index contributed by atoms with van der Waals surface area (Å²) in [5.41, 5.74) is 0. The zero-order valence-corrected chi connectivity index (χ0v) is 11.1. The molecule has 0 radical (unpaired) electrons. The molecular weight excluding hydrogens is 218 g/mol. The third-order valence-corrected chi connectivity index (χ3v) is 3.36. The van der Waals surface area contributed by atoms with Crippen LogP contribution in [0.5, 0.6) is 0 Å². The van der Waals surface area contributed by atoms with E-state index in [0.29, 0.717) is 6.54 Å². The van der Waals surface area contributed by atoms with Crippen molar-refractivity contribution < 1.29 is 9.90 Å². The normalized spacial score (nSPS) is 18.3. The molecule has 1 fully saturated rings. The van der Waals surface area contributed by atoms with Crippen molar-refractivity contribution >= 4 is 5.91 Å². The first-order chi connectivity index (χ1) is 8.21. The molecule has 0 saturated carbocycles. The van der Waals surface area contributed by atoms with Gasteiger partial charge >= 0.3 is 0 Å². The van der Waals surface area contributed by atoms with E-state index in [1.165, 1.54) is 0 Å². The first kappa shape index (κ1) is 14.4. The molecule has 1 heterocycles. The molecule has 0 aliphatic carbocycles. The zero-order chi connectivity index (χ0) is 12.7. The van der Waals surface area contributed by atoms with Crippen molar-refractivity contribution in [1.29, 1.82) is 0 Å². The molecule has 1 aliphatic rings. The zero-order valence-electron chi connectivity index (χ0n) is 11.1. The minimum Gasteiger partial charge on any atom is -0.395 e. The second-order valence-electron chi connectivity index (χ2n) is 4.41. The second kappa shape index (κ2) is 7.63. The van der Waals surface area contributed by atoms with Crippen molar-refractivity contribution in [3.63, 3.8) is 0 Å². The van der Waals surface area contributed by atoms with Gasteiger partial charge in [-0.1, -0.05) is 0 Å². The Balaban J connectivity index is 2.27. The fraction of sp³-hybridized carbons (Fsp3) is 0.917. The molecule has 17 heavy (non-hydrogen) atoms. The number of β-amino-alcohol motifs (C(OH)–C–C–N with tert-alkyl or cyclic N) is 1. The van der Waals surface area contributed by atoms with E-state index in [4.69, 9.17) is 5.11 Å². The molecular formula is C12H25N3O2. The minimum absolute atomic E-state index is 0.221. The number of hydrogen-bond donors (Lipinski definition) is 1. The largest absolute Gasteiger partial charge is 0.395 e. The summed E-state index contributed by atoms with van der Waals surface area (Å²) in [5, 5.41) is 8.85. The molecule has 1 amide bonds. The topological polar surface area (TPSA) is 47.0 Å². The van der Waals surface area contributed by atoms with E-state index >= 15 is 0 Å². The Kier molecular flexibility index (Phi) is 6.47. The van der Waals surface area contributed by atoms with Gasteiger partial charge in [-0.15, -0.1) is 0 Å². The number of piperazine rings is 1. The number of nitrogens with zero attached hydrogens (tertiary/aromatic N) is 3. The Hall–Kier alpha value is -0.650. The summed E-state index contributed by atoms with van der Waals surface area (Å²) in [4.78, 5) is 18.2. The summed E-state index contributed by atoms with van der Waals surface area (Å²) in [6, 6.07) is 0. The molecule has 1 N–H and O–H groups in total. The molecule has 5 heteroatoms. The van der Waals surface area contributed by atoms with Crippen molar-refractivity contribution in [3.05, 3.63) is 0 Å². The fourth-order valence-corrected chi connectivity index (χ4v) is 2.18. The third kappa shape index (κ3) is 4.61. The van der Waals surface area contributed by atoms with Gasteiger partial charge in [-0.25, -0.2) is 0 Å². The lowest BCUT2D eigenvalue weighted by atomic mass is 10.3. The molecule has 0 bridgehead atoms. The number of rotatable bonds is 6. The van der Waals surface area contributed by atoms with Crippen LogP contribution >= 0.6 is 0 Å². The van der Waals surface area contributed by atoms with E-state index in [1.54, 1.807) is 0 Å². The number of carbonyl (C=O) groups excluding carboxylic acids is 1. The van der Waals surface area contributed by atoms with Crippen LogP contribution in [0.25, 0.3) is 0 Å². The average Bonchev–Trinajstić information content (AvgIpc) is 2.33. The quantitative estimate of drug-likeness (QED) is 0.681. The van der Waals surface area contributed by atoms with Crippen LogP contribution in [0.3, 0.4) is 0 Å². The monoisotopic (exact) mass is 243 g/mol. The maximum atomic E-state index is 11.9. The highest BCUT2D eigenvalue weighted by Gasteiger charge is 2.20. The lowest BCUT2D eigenvalue weighted by Gasteiger charge is -2.34. The number of likely N-dealkylation sites (N-methyl/N-ethyl adjacent to an activating group) is 1. The highest BCUT2D eigenvalue weighted by Crippen LogP contribution is 2.02. The Bertz CT molecular complexity index is 224. The van der Waals surface area contributed by atoms with Crippen molar-refractivity contribution in [1.82, 2.24) is 14.7 Å². The third-order valence-electron chi connectivity index (χ3n) is 3.36. The lowest BCUT2D eigenvalue weighted by molar-refractivity contribution is -0.132. The summed E-state index contributed by atoms with van der Waals surface area (Å²) in [5.74, 6) is 0.227. The summed E-state index contributed by atoms with van der Waals surface area (Å²) in [7, 11) is 0. The van der Waals surface area contributed by atoms with Crippen LogP contribution in [-0.4, -0.2) is 84.7 Å². The highest BCUT2D eigenvalue weighted by molar-refractivity contribution is 5.78. The molecule has 1 aliphatic heterocycles. The molecule has 0 unspecified atom stereocenters. The summed E-state index contributed by atoms with van der Waals surface area (Å²) in [6.45, 7) is 10.9. The standard InChI is InChI=1S/C12H25N3O2/c1-3-15(4-2)12(17)11-14-7-5-13(6-8-14)9-10-16/h16H,3-11H2,1-2H3. The maximum absolute atomic E-state index is 11.9. The molecule has 0 aromatic heterocycles. The van der Waals surface area contributed by atoms with Gasteiger partial charge in [-0.05, 0) is 13.8 Å². The van der Waals surface area contributed by atoms with Crippen molar-refractivity contribution in [2.45, 2.75) is 13.8 Å². The van der Waals surface area contributed by atoms with Crippen LogP contribution in [0.15, 0.2) is 0 Å². The molecule has 1 rings (SSSR count). The Labute approximate surface area is 104 Å². The Morgan fingerprint density at radius 1 is 1.12 bits per heavy atom. The predicted octanol–water partition coefficient (Wildman–Crippen LogP) is -0.535. The SMILES string of the molecule is CCN(CC)C(=O)CN1CCN(CCO)CC1. The second-order valence-corrected chi connectivity index (χ2v) is 4.41. The van der Waals surface area contributed by atoms with E-state index in [0.717, 1.165) is 45.8 Å². The maximum Gasteiger partial charge on any atom is 0.236 e. The van der Waals surface area contributed by atoms with E-state index in [9.17, 15) is 4.79 Å². The number of aliphatic hydroxyl groups excluding tert-OH is 1. The number of carbonyl (C=O) groups is 1. The van der Waals surface area contributed by atoms with E-state index in [-0.39, 0.29) is 12.5 Å². The number of aliphatic hydroxyl groups is 1. The van der Waals surface area contributed by atoms with Crippen LogP contribution in [-0.2, 0) is 4.79 Å². The highest BCUT2D eigenvalue weighted by atomic mass is 16.3. The molecule has 1 saturated heterocycles. The molecule has 5 nitrogen and oxygen atoms in total. The van der Waals surface area contributed by atoms with Gasteiger partial charge in [0.1, 0.15) is 0 Å². The Morgan fingerprint density at radius 3 is 2.12 bits per heavy atom. The van der Waals surface area contributed by atoms with Crippen molar-refractivity contribution in [2.75, 3.05) is 59.0 Å².